The van der Waals surface area contributed by atoms with Crippen LogP contribution in [0.25, 0.3) is 82.5 Å². The lowest BCUT2D eigenvalue weighted by molar-refractivity contribution is 0.668. The third-order valence-corrected chi connectivity index (χ3v) is 12.8. The summed E-state index contributed by atoms with van der Waals surface area (Å²) in [6.07, 6.45) is 0. The summed E-state index contributed by atoms with van der Waals surface area (Å²) < 4.78 is 14.9. The van der Waals surface area contributed by atoms with Crippen molar-refractivity contribution in [2.24, 2.45) is 0 Å². The number of anilines is 6. The molecular formula is C60H39N3O2. The summed E-state index contributed by atoms with van der Waals surface area (Å²) >= 11 is 0. The zero-order chi connectivity index (χ0) is 42.8. The van der Waals surface area contributed by atoms with Gasteiger partial charge in [-0.3, -0.25) is 0 Å². The van der Waals surface area contributed by atoms with E-state index in [0.29, 0.717) is 0 Å². The molecule has 13 aromatic rings. The van der Waals surface area contributed by atoms with Crippen molar-refractivity contribution in [2.45, 2.75) is 0 Å². The summed E-state index contributed by atoms with van der Waals surface area (Å²) in [6, 6.07) is 84.0. The Labute approximate surface area is 374 Å². The van der Waals surface area contributed by atoms with E-state index in [-0.39, 0.29) is 0 Å². The van der Waals surface area contributed by atoms with Crippen LogP contribution < -0.4 is 9.80 Å². The SMILES string of the molecule is c1ccc(N(c2ccc(-c3ccc4c5ccccc5n(-c5ccccc5)c4c3)cc2)c2ccc(N(c3ccc4oc5ccccc5c4c3)c3ccc4oc5ccccc5c4c3)cc2)cc1. The van der Waals surface area contributed by atoms with Crippen molar-refractivity contribution >= 4 is 99.8 Å². The molecule has 0 unspecified atom stereocenters. The summed E-state index contributed by atoms with van der Waals surface area (Å²) in [5, 5.41) is 6.83. The Kier molecular flexibility index (Phi) is 8.46. The van der Waals surface area contributed by atoms with Crippen molar-refractivity contribution in [1.29, 1.82) is 0 Å². The lowest BCUT2D eigenvalue weighted by Crippen LogP contribution is -2.12. The number of para-hydroxylation sites is 5. The van der Waals surface area contributed by atoms with Gasteiger partial charge in [-0.05, 0) is 132 Å². The first kappa shape index (κ1) is 36.8. The fourth-order valence-corrected chi connectivity index (χ4v) is 9.74. The van der Waals surface area contributed by atoms with E-state index in [9.17, 15) is 0 Å². The van der Waals surface area contributed by atoms with E-state index >= 15 is 0 Å². The van der Waals surface area contributed by atoms with Crippen molar-refractivity contribution in [3.63, 3.8) is 0 Å². The number of nitrogens with zero attached hydrogens (tertiary/aromatic N) is 3. The maximum Gasteiger partial charge on any atom is 0.135 e. The Bertz CT molecular complexity index is 3770. The van der Waals surface area contributed by atoms with Gasteiger partial charge >= 0.3 is 0 Å². The number of furan rings is 2. The molecule has 3 heterocycles. The van der Waals surface area contributed by atoms with Crippen LogP contribution in [0.1, 0.15) is 0 Å². The summed E-state index contributed by atoms with van der Waals surface area (Å²) in [6.45, 7) is 0. The second-order valence-electron chi connectivity index (χ2n) is 16.5. The molecule has 0 aliphatic heterocycles. The molecule has 5 nitrogen and oxygen atoms in total. The normalized spacial score (nSPS) is 11.7. The minimum atomic E-state index is 0.863. The highest BCUT2D eigenvalue weighted by Crippen LogP contribution is 2.43. The van der Waals surface area contributed by atoms with E-state index < -0.39 is 0 Å². The topological polar surface area (TPSA) is 37.7 Å². The van der Waals surface area contributed by atoms with E-state index in [1.807, 2.05) is 24.3 Å². The van der Waals surface area contributed by atoms with Crippen LogP contribution in [0.15, 0.2) is 245 Å². The zero-order valence-electron chi connectivity index (χ0n) is 35.2. The van der Waals surface area contributed by atoms with Gasteiger partial charge in [0.15, 0.2) is 0 Å². The van der Waals surface area contributed by atoms with Gasteiger partial charge in [0.25, 0.3) is 0 Å². The molecule has 10 aromatic carbocycles. The number of hydrogen-bond acceptors (Lipinski definition) is 4. The van der Waals surface area contributed by atoms with Crippen LogP contribution >= 0.6 is 0 Å². The van der Waals surface area contributed by atoms with E-state index in [1.165, 1.54) is 27.4 Å². The minimum absolute atomic E-state index is 0.863. The number of hydrogen-bond donors (Lipinski definition) is 0. The Balaban J connectivity index is 0.900. The fraction of sp³-hybridized carbons (Fsp3) is 0. The summed E-state index contributed by atoms with van der Waals surface area (Å²) in [5.74, 6) is 0. The Morgan fingerprint density at radius 1 is 0.262 bits per heavy atom. The first-order chi connectivity index (χ1) is 32.2. The molecule has 0 fully saturated rings. The van der Waals surface area contributed by atoms with Crippen molar-refractivity contribution < 1.29 is 8.83 Å². The molecule has 13 rings (SSSR count). The summed E-state index contributed by atoms with van der Waals surface area (Å²) in [4.78, 5) is 4.64. The minimum Gasteiger partial charge on any atom is -0.456 e. The summed E-state index contributed by atoms with van der Waals surface area (Å²) in [5.41, 5.74) is 15.6. The van der Waals surface area contributed by atoms with Crippen LogP contribution in [0.2, 0.25) is 0 Å². The van der Waals surface area contributed by atoms with Crippen molar-refractivity contribution in [3.05, 3.63) is 237 Å². The van der Waals surface area contributed by atoms with E-state index in [2.05, 4.69) is 227 Å². The second-order valence-corrected chi connectivity index (χ2v) is 16.5. The van der Waals surface area contributed by atoms with Crippen LogP contribution in [0.3, 0.4) is 0 Å². The highest BCUT2D eigenvalue weighted by atomic mass is 16.3. The molecule has 0 spiro atoms. The largest absolute Gasteiger partial charge is 0.456 e. The average Bonchev–Trinajstić information content (AvgIpc) is 4.04. The molecular weight excluding hydrogens is 795 g/mol. The number of fused-ring (bicyclic) bond motifs is 9. The van der Waals surface area contributed by atoms with Crippen LogP contribution in [0.5, 0.6) is 0 Å². The number of rotatable bonds is 8. The van der Waals surface area contributed by atoms with Crippen molar-refractivity contribution in [1.82, 2.24) is 4.57 Å². The van der Waals surface area contributed by atoms with Crippen molar-refractivity contribution in [3.8, 4) is 16.8 Å². The van der Waals surface area contributed by atoms with Gasteiger partial charge in [-0.1, -0.05) is 115 Å². The predicted molar refractivity (Wildman–Crippen MR) is 270 cm³/mol. The standard InChI is InChI=1S/C60H39N3O2/c1-3-13-42(14-4-1)61(44-26-23-40(24-27-44)41-25-34-50-49-17-7-10-20-55(49)63(56(50)37-41)43-15-5-2-6-16-43)45-28-30-46(31-29-45)62(47-32-35-59-53(38-47)51-18-8-11-21-57(51)64-59)48-33-36-60-54(39-48)52-19-9-12-22-58(52)65-60/h1-39H. The second kappa shape index (κ2) is 14.9. The molecule has 5 heteroatoms. The molecule has 0 bridgehead atoms. The Hall–Kier alpha value is -8.80. The van der Waals surface area contributed by atoms with Gasteiger partial charge in [-0.2, -0.15) is 0 Å². The smallest absolute Gasteiger partial charge is 0.135 e. The molecule has 0 atom stereocenters. The van der Waals surface area contributed by atoms with Gasteiger partial charge in [0, 0.05) is 72.1 Å². The molecule has 0 saturated heterocycles. The lowest BCUT2D eigenvalue weighted by atomic mass is 10.0. The monoisotopic (exact) mass is 833 g/mol. The number of benzene rings is 10. The molecule has 0 saturated carbocycles. The van der Waals surface area contributed by atoms with Gasteiger partial charge in [0.05, 0.1) is 11.0 Å². The maximum absolute atomic E-state index is 6.26. The molecule has 0 N–H and O–H groups in total. The Morgan fingerprint density at radius 3 is 1.28 bits per heavy atom. The summed E-state index contributed by atoms with van der Waals surface area (Å²) in [7, 11) is 0. The quantitative estimate of drug-likeness (QED) is 0.153. The van der Waals surface area contributed by atoms with Crippen LogP contribution in [-0.4, -0.2) is 4.57 Å². The van der Waals surface area contributed by atoms with Gasteiger partial charge < -0.3 is 23.2 Å². The van der Waals surface area contributed by atoms with E-state index in [1.54, 1.807) is 0 Å². The number of aromatic nitrogens is 1. The molecule has 3 aromatic heterocycles. The highest BCUT2D eigenvalue weighted by molar-refractivity contribution is 6.11. The highest BCUT2D eigenvalue weighted by Gasteiger charge is 2.20. The third kappa shape index (κ3) is 6.16. The van der Waals surface area contributed by atoms with E-state index in [0.717, 1.165) is 89.3 Å². The molecule has 306 valence electrons. The molecule has 65 heavy (non-hydrogen) atoms. The van der Waals surface area contributed by atoms with Gasteiger partial charge in [-0.15, -0.1) is 0 Å². The lowest BCUT2D eigenvalue weighted by Gasteiger charge is -2.28. The molecule has 0 aliphatic rings. The molecule has 0 amide bonds. The van der Waals surface area contributed by atoms with E-state index in [4.69, 9.17) is 8.83 Å². The van der Waals surface area contributed by atoms with Crippen molar-refractivity contribution in [2.75, 3.05) is 9.80 Å². The first-order valence-electron chi connectivity index (χ1n) is 22.0. The predicted octanol–water partition coefficient (Wildman–Crippen LogP) is 17.2. The maximum atomic E-state index is 6.26. The average molecular weight is 834 g/mol. The van der Waals surface area contributed by atoms with Gasteiger partial charge in [0.1, 0.15) is 22.3 Å². The molecule has 0 aliphatic carbocycles. The van der Waals surface area contributed by atoms with Gasteiger partial charge in [-0.25, -0.2) is 0 Å². The Morgan fingerprint density at radius 2 is 0.677 bits per heavy atom. The first-order valence-corrected chi connectivity index (χ1v) is 22.0. The zero-order valence-corrected chi connectivity index (χ0v) is 35.2. The molecule has 0 radical (unpaired) electrons. The fourth-order valence-electron chi connectivity index (χ4n) is 9.74. The van der Waals surface area contributed by atoms with Gasteiger partial charge in [0.2, 0.25) is 0 Å². The van der Waals surface area contributed by atoms with Crippen LogP contribution in [0.4, 0.5) is 34.1 Å². The van der Waals surface area contributed by atoms with Crippen LogP contribution in [-0.2, 0) is 0 Å². The third-order valence-electron chi connectivity index (χ3n) is 12.8. The van der Waals surface area contributed by atoms with Crippen LogP contribution in [0, 0.1) is 0 Å².